The van der Waals surface area contributed by atoms with Crippen LogP contribution in [0.4, 0.5) is 0 Å². The van der Waals surface area contributed by atoms with E-state index in [9.17, 15) is 29.4 Å². The fourth-order valence-electron chi connectivity index (χ4n) is 2.88. The van der Waals surface area contributed by atoms with Crippen LogP contribution in [0, 0.1) is 6.92 Å². The topological polar surface area (TPSA) is 210 Å². The molecule has 0 unspecified atom stereocenters. The van der Waals surface area contributed by atoms with Crippen LogP contribution in [0.2, 0.25) is 0 Å². The lowest BCUT2D eigenvalue weighted by Crippen LogP contribution is -2.52. The third-order valence-electron chi connectivity index (χ3n) is 4.60. The van der Waals surface area contributed by atoms with Crippen molar-refractivity contribution in [3.63, 3.8) is 0 Å². The zero-order valence-electron chi connectivity index (χ0n) is 17.9. The van der Waals surface area contributed by atoms with Crippen molar-refractivity contribution >= 4 is 23.6 Å². The molecule has 2 rings (SSSR count). The summed E-state index contributed by atoms with van der Waals surface area (Å²) in [6.45, 7) is 0.681. The highest BCUT2D eigenvalue weighted by atomic mass is 16.9. The lowest BCUT2D eigenvalue weighted by molar-refractivity contribution is -0.345. The van der Waals surface area contributed by atoms with E-state index in [-0.39, 0.29) is 32.2 Å². The van der Waals surface area contributed by atoms with Crippen molar-refractivity contribution in [3.8, 4) is 5.75 Å². The number of nitrogens with two attached hydrogens (primary N) is 2. The number of amides is 2. The number of aliphatic hydroxyl groups excluding tert-OH is 1. The molecule has 0 saturated carbocycles. The number of Topliss-reactive ketones (excluding diaryl/α,β-unsaturated/α-hetero) is 1. The number of benzene rings is 1. The first-order chi connectivity index (χ1) is 15.6. The highest BCUT2D eigenvalue weighted by Crippen LogP contribution is 2.34. The predicted octanol–water partition coefficient (Wildman–Crippen LogP) is -2.33. The minimum atomic E-state index is -1.61. The highest BCUT2D eigenvalue weighted by molar-refractivity contribution is 6.36. The molecule has 0 bridgehead atoms. The molecule has 0 radical (unpaired) electrons. The number of hydrogen-bond donors (Lipinski definition) is 5. The lowest BCUT2D eigenvalue weighted by Gasteiger charge is -2.27. The largest absolute Gasteiger partial charge is 0.508 e. The quantitative estimate of drug-likeness (QED) is 0.124. The van der Waals surface area contributed by atoms with Crippen molar-refractivity contribution < 1.29 is 48.3 Å². The molecule has 1 fully saturated rings. The van der Waals surface area contributed by atoms with Gasteiger partial charge in [0.1, 0.15) is 18.4 Å². The Balaban J connectivity index is 1.88. The zero-order valence-corrected chi connectivity index (χ0v) is 17.9. The molecule has 0 aliphatic carbocycles. The molecular weight excluding hydrogens is 442 g/mol. The third kappa shape index (κ3) is 6.94. The molecule has 1 aliphatic heterocycles. The van der Waals surface area contributed by atoms with Crippen molar-refractivity contribution in [1.82, 2.24) is 5.32 Å². The normalized spacial score (nSPS) is 16.6. The number of aromatic hydroxyl groups is 1. The van der Waals surface area contributed by atoms with Gasteiger partial charge in [-0.1, -0.05) is 0 Å². The number of phenols is 1. The Morgan fingerprint density at radius 3 is 2.45 bits per heavy atom. The Morgan fingerprint density at radius 1 is 1.21 bits per heavy atom. The number of esters is 1. The number of primary amides is 1. The average molecular weight is 469 g/mol. The Bertz CT molecular complexity index is 885. The van der Waals surface area contributed by atoms with Crippen LogP contribution in [-0.4, -0.2) is 78.9 Å². The molecule has 1 heterocycles. The first-order valence-electron chi connectivity index (χ1n) is 9.97. The number of ketones is 1. The summed E-state index contributed by atoms with van der Waals surface area (Å²) in [6, 6.07) is 1.67. The lowest BCUT2D eigenvalue weighted by atomic mass is 10.1. The molecule has 33 heavy (non-hydrogen) atoms. The molecule has 0 aromatic heterocycles. The number of rotatable bonds is 12. The number of nitrogens with one attached hydrogen (secondary N) is 1. The monoisotopic (exact) mass is 469 g/mol. The van der Waals surface area contributed by atoms with Crippen LogP contribution in [0.3, 0.4) is 0 Å². The van der Waals surface area contributed by atoms with E-state index in [2.05, 4.69) is 5.32 Å². The SMILES string of the molecule is Cc1cc(C2(OCCOC(=O)C(=O)[C@H](CO)NC(=O)[C@@H](N)CC(N)=O)OCCO2)ccc1O. The molecule has 182 valence electrons. The molecule has 13 heteroatoms. The highest BCUT2D eigenvalue weighted by Gasteiger charge is 2.41. The first kappa shape index (κ1) is 26.2. The second-order valence-corrected chi connectivity index (χ2v) is 7.12. The van der Waals surface area contributed by atoms with Gasteiger partial charge in [-0.3, -0.25) is 14.4 Å². The summed E-state index contributed by atoms with van der Waals surface area (Å²) in [7, 11) is 0. The second-order valence-electron chi connectivity index (χ2n) is 7.12. The van der Waals surface area contributed by atoms with Gasteiger partial charge in [-0.25, -0.2) is 4.79 Å². The Labute approximate surface area is 188 Å². The van der Waals surface area contributed by atoms with Crippen molar-refractivity contribution in [2.45, 2.75) is 31.4 Å². The fourth-order valence-corrected chi connectivity index (χ4v) is 2.88. The second kappa shape index (κ2) is 11.7. The minimum absolute atomic E-state index is 0.0838. The van der Waals surface area contributed by atoms with Crippen LogP contribution < -0.4 is 16.8 Å². The zero-order chi connectivity index (χ0) is 24.6. The van der Waals surface area contributed by atoms with Gasteiger partial charge in [-0.2, -0.15) is 0 Å². The van der Waals surface area contributed by atoms with E-state index >= 15 is 0 Å². The summed E-state index contributed by atoms with van der Waals surface area (Å²) in [5.74, 6) is -5.81. The number of hydrogen-bond acceptors (Lipinski definition) is 11. The number of aliphatic hydroxyl groups is 1. The van der Waals surface area contributed by atoms with Gasteiger partial charge < -0.3 is 45.9 Å². The summed E-state index contributed by atoms with van der Waals surface area (Å²) in [4.78, 5) is 46.9. The van der Waals surface area contributed by atoms with E-state index in [0.717, 1.165) is 0 Å². The van der Waals surface area contributed by atoms with Gasteiger partial charge in [-0.05, 0) is 30.7 Å². The van der Waals surface area contributed by atoms with Crippen molar-refractivity contribution in [2.75, 3.05) is 33.0 Å². The Morgan fingerprint density at radius 2 is 1.88 bits per heavy atom. The fraction of sp³-hybridized carbons (Fsp3) is 0.500. The van der Waals surface area contributed by atoms with Crippen LogP contribution in [0.15, 0.2) is 18.2 Å². The Hall–Kier alpha value is -3.10. The van der Waals surface area contributed by atoms with Gasteiger partial charge >= 0.3 is 11.9 Å². The molecule has 13 nitrogen and oxygen atoms in total. The van der Waals surface area contributed by atoms with Crippen LogP contribution in [0.1, 0.15) is 17.5 Å². The van der Waals surface area contributed by atoms with E-state index in [1.165, 1.54) is 6.07 Å². The van der Waals surface area contributed by atoms with E-state index in [1.54, 1.807) is 19.1 Å². The molecular formula is C20H27N3O10. The minimum Gasteiger partial charge on any atom is -0.508 e. The molecule has 2 atom stereocenters. The van der Waals surface area contributed by atoms with E-state index in [1.807, 2.05) is 0 Å². The molecule has 7 N–H and O–H groups in total. The van der Waals surface area contributed by atoms with E-state index in [4.69, 9.17) is 30.4 Å². The maximum Gasteiger partial charge on any atom is 0.377 e. The van der Waals surface area contributed by atoms with Crippen LogP contribution in [-0.2, 0) is 44.1 Å². The van der Waals surface area contributed by atoms with Gasteiger partial charge in [0, 0.05) is 5.56 Å². The smallest absolute Gasteiger partial charge is 0.377 e. The average Bonchev–Trinajstić information content (AvgIpc) is 3.25. The van der Waals surface area contributed by atoms with Crippen molar-refractivity contribution in [2.24, 2.45) is 11.5 Å². The van der Waals surface area contributed by atoms with Gasteiger partial charge in [0.25, 0.3) is 5.78 Å². The van der Waals surface area contributed by atoms with Crippen molar-refractivity contribution in [3.05, 3.63) is 29.3 Å². The molecule has 0 spiro atoms. The number of carbonyl (C=O) groups is 4. The molecule has 1 aromatic rings. The Kier molecular flexibility index (Phi) is 9.25. The van der Waals surface area contributed by atoms with Gasteiger partial charge in [0.05, 0.1) is 38.9 Å². The number of aryl methyl sites for hydroxylation is 1. The standard InChI is InChI=1S/C20H27N3O10/c1-11-8-12(2-3-15(11)25)20(32-6-7-33-20)31-5-4-30-19(29)17(27)14(10-24)23-18(28)13(21)9-16(22)26/h2-3,8,13-14,24-25H,4-7,9-10,21H2,1H3,(H2,22,26)(H,23,28)/t13-,14-/m0/s1. The van der Waals surface area contributed by atoms with E-state index < -0.39 is 54.7 Å². The summed E-state index contributed by atoms with van der Waals surface area (Å²) >= 11 is 0. The van der Waals surface area contributed by atoms with Gasteiger partial charge in [0.2, 0.25) is 11.8 Å². The van der Waals surface area contributed by atoms with Gasteiger partial charge in [-0.15, -0.1) is 0 Å². The summed E-state index contributed by atoms with van der Waals surface area (Å²) in [5.41, 5.74) is 11.5. The number of phenolic OH excluding ortho intramolecular Hbond substituents is 1. The maximum atomic E-state index is 12.2. The molecule has 1 aromatic carbocycles. The molecule has 2 amide bonds. The molecule has 1 aliphatic rings. The third-order valence-corrected chi connectivity index (χ3v) is 4.60. The maximum absolute atomic E-state index is 12.2. The number of carbonyl (C=O) groups excluding carboxylic acids is 4. The molecule has 1 saturated heterocycles. The van der Waals surface area contributed by atoms with Crippen LogP contribution in [0.25, 0.3) is 0 Å². The number of ether oxygens (including phenoxy) is 4. The van der Waals surface area contributed by atoms with Crippen molar-refractivity contribution in [1.29, 1.82) is 0 Å². The van der Waals surface area contributed by atoms with E-state index in [0.29, 0.717) is 11.1 Å². The summed E-state index contributed by atoms with van der Waals surface area (Å²) < 4.78 is 21.6. The first-order valence-corrected chi connectivity index (χ1v) is 9.97. The summed E-state index contributed by atoms with van der Waals surface area (Å²) in [6.07, 6.45) is -0.480. The van der Waals surface area contributed by atoms with Gasteiger partial charge in [0.15, 0.2) is 0 Å². The predicted molar refractivity (Wildman–Crippen MR) is 109 cm³/mol. The van der Waals surface area contributed by atoms with Crippen LogP contribution in [0.5, 0.6) is 5.75 Å². The summed E-state index contributed by atoms with van der Waals surface area (Å²) in [5, 5.41) is 21.1. The van der Waals surface area contributed by atoms with Crippen LogP contribution >= 0.6 is 0 Å².